The Kier molecular flexibility index (Phi) is 3.25. The molecule has 1 fully saturated rings. The van der Waals surface area contributed by atoms with E-state index in [0.29, 0.717) is 12.3 Å². The van der Waals surface area contributed by atoms with Gasteiger partial charge in [-0.1, -0.05) is 37.3 Å². The molecule has 0 bridgehead atoms. The van der Waals surface area contributed by atoms with Crippen LogP contribution >= 0.6 is 0 Å². The Hall–Kier alpha value is -1.35. The van der Waals surface area contributed by atoms with Crippen LogP contribution < -0.4 is 0 Å². The van der Waals surface area contributed by atoms with Gasteiger partial charge in [-0.2, -0.15) is 0 Å². The SMILES string of the molecule is CCC(C(=O)O)N1CC(c2ccccc2)C1. The van der Waals surface area contributed by atoms with E-state index >= 15 is 0 Å². The minimum absolute atomic E-state index is 0.306. The van der Waals surface area contributed by atoms with E-state index in [9.17, 15) is 4.79 Å². The van der Waals surface area contributed by atoms with Gasteiger partial charge in [-0.15, -0.1) is 0 Å². The van der Waals surface area contributed by atoms with Crippen molar-refractivity contribution in [3.63, 3.8) is 0 Å². The molecule has 1 heterocycles. The maximum absolute atomic E-state index is 11.0. The topological polar surface area (TPSA) is 40.5 Å². The third kappa shape index (κ3) is 2.09. The van der Waals surface area contributed by atoms with Gasteiger partial charge in [0.05, 0.1) is 0 Å². The quantitative estimate of drug-likeness (QED) is 0.841. The number of hydrogen-bond donors (Lipinski definition) is 1. The number of carboxylic acid groups (broad SMARTS) is 1. The summed E-state index contributed by atoms with van der Waals surface area (Å²) in [6.07, 6.45) is 0.677. The van der Waals surface area contributed by atoms with Crippen molar-refractivity contribution in [3.05, 3.63) is 35.9 Å². The van der Waals surface area contributed by atoms with E-state index in [1.54, 1.807) is 0 Å². The second kappa shape index (κ2) is 4.66. The van der Waals surface area contributed by atoms with Gasteiger partial charge in [0.2, 0.25) is 0 Å². The number of aliphatic carboxylic acids is 1. The van der Waals surface area contributed by atoms with Gasteiger partial charge in [0, 0.05) is 19.0 Å². The lowest BCUT2D eigenvalue weighted by Crippen LogP contribution is -2.53. The molecule has 1 atom stereocenters. The lowest BCUT2D eigenvalue weighted by Gasteiger charge is -2.42. The van der Waals surface area contributed by atoms with Crippen LogP contribution in [0.1, 0.15) is 24.8 Å². The highest BCUT2D eigenvalue weighted by atomic mass is 16.4. The van der Waals surface area contributed by atoms with E-state index in [2.05, 4.69) is 12.1 Å². The zero-order valence-electron chi connectivity index (χ0n) is 9.47. The van der Waals surface area contributed by atoms with E-state index in [4.69, 9.17) is 5.11 Å². The average Bonchev–Trinajstić information content (AvgIpc) is 2.23. The van der Waals surface area contributed by atoms with Crippen LogP contribution in [0.25, 0.3) is 0 Å². The van der Waals surface area contributed by atoms with E-state index < -0.39 is 5.97 Å². The maximum Gasteiger partial charge on any atom is 0.320 e. The summed E-state index contributed by atoms with van der Waals surface area (Å²) < 4.78 is 0. The summed E-state index contributed by atoms with van der Waals surface area (Å²) in [6.45, 7) is 3.66. The van der Waals surface area contributed by atoms with Crippen molar-refractivity contribution in [2.24, 2.45) is 0 Å². The summed E-state index contributed by atoms with van der Waals surface area (Å²) in [7, 11) is 0. The molecule has 3 heteroatoms. The van der Waals surface area contributed by atoms with Crippen LogP contribution in [0, 0.1) is 0 Å². The van der Waals surface area contributed by atoms with Gasteiger partial charge in [0.25, 0.3) is 0 Å². The smallest absolute Gasteiger partial charge is 0.320 e. The molecule has 1 aliphatic rings. The summed E-state index contributed by atoms with van der Waals surface area (Å²) >= 11 is 0. The maximum atomic E-state index is 11.0. The van der Waals surface area contributed by atoms with Gasteiger partial charge < -0.3 is 5.11 Å². The predicted octanol–water partition coefficient (Wildman–Crippen LogP) is 1.95. The molecule has 0 amide bonds. The number of carboxylic acids is 1. The third-order valence-electron chi connectivity index (χ3n) is 3.29. The van der Waals surface area contributed by atoms with Crippen molar-refractivity contribution in [3.8, 4) is 0 Å². The van der Waals surface area contributed by atoms with Crippen LogP contribution in [-0.2, 0) is 4.79 Å². The first-order chi connectivity index (χ1) is 7.72. The van der Waals surface area contributed by atoms with E-state index in [0.717, 1.165) is 13.1 Å². The first-order valence-corrected chi connectivity index (χ1v) is 5.74. The fraction of sp³-hybridized carbons (Fsp3) is 0.462. The Morgan fingerprint density at radius 3 is 2.56 bits per heavy atom. The van der Waals surface area contributed by atoms with Crippen molar-refractivity contribution in [2.45, 2.75) is 25.3 Å². The monoisotopic (exact) mass is 219 g/mol. The molecule has 1 aromatic carbocycles. The van der Waals surface area contributed by atoms with Crippen molar-refractivity contribution in [1.29, 1.82) is 0 Å². The van der Waals surface area contributed by atoms with Crippen LogP contribution in [-0.4, -0.2) is 35.1 Å². The van der Waals surface area contributed by atoms with Crippen molar-refractivity contribution >= 4 is 5.97 Å². The van der Waals surface area contributed by atoms with Crippen LogP contribution in [0.2, 0.25) is 0 Å². The number of hydrogen-bond acceptors (Lipinski definition) is 2. The largest absolute Gasteiger partial charge is 0.480 e. The van der Waals surface area contributed by atoms with Gasteiger partial charge >= 0.3 is 5.97 Å². The molecule has 0 aliphatic carbocycles. The van der Waals surface area contributed by atoms with Gasteiger partial charge in [0.1, 0.15) is 6.04 Å². The van der Waals surface area contributed by atoms with Gasteiger partial charge in [-0.3, -0.25) is 9.69 Å². The second-order valence-corrected chi connectivity index (χ2v) is 4.32. The number of likely N-dealkylation sites (tertiary alicyclic amines) is 1. The van der Waals surface area contributed by atoms with Gasteiger partial charge in [-0.05, 0) is 12.0 Å². The third-order valence-corrected chi connectivity index (χ3v) is 3.29. The normalized spacial score (nSPS) is 19.1. The molecule has 0 aromatic heterocycles. The summed E-state index contributed by atoms with van der Waals surface area (Å²) in [5, 5.41) is 9.02. The van der Waals surface area contributed by atoms with Gasteiger partial charge in [0.15, 0.2) is 0 Å². The summed E-state index contributed by atoms with van der Waals surface area (Å²) in [4.78, 5) is 13.0. The molecular weight excluding hydrogens is 202 g/mol. The minimum Gasteiger partial charge on any atom is -0.480 e. The molecule has 1 aliphatic heterocycles. The molecule has 86 valence electrons. The fourth-order valence-electron chi connectivity index (χ4n) is 2.29. The Balaban J connectivity index is 1.93. The minimum atomic E-state index is -0.700. The Labute approximate surface area is 95.7 Å². The molecule has 3 nitrogen and oxygen atoms in total. The first-order valence-electron chi connectivity index (χ1n) is 5.74. The zero-order valence-corrected chi connectivity index (χ0v) is 9.47. The molecule has 0 radical (unpaired) electrons. The van der Waals surface area contributed by atoms with E-state index in [1.807, 2.05) is 30.0 Å². The summed E-state index contributed by atoms with van der Waals surface area (Å²) in [5.74, 6) is -0.191. The lowest BCUT2D eigenvalue weighted by molar-refractivity contribution is -0.145. The van der Waals surface area contributed by atoms with Crippen LogP contribution in [0.15, 0.2) is 30.3 Å². The zero-order chi connectivity index (χ0) is 11.5. The Morgan fingerprint density at radius 1 is 1.44 bits per heavy atom. The van der Waals surface area contributed by atoms with E-state index in [1.165, 1.54) is 5.56 Å². The summed E-state index contributed by atoms with van der Waals surface area (Å²) in [5.41, 5.74) is 1.32. The molecule has 1 saturated heterocycles. The van der Waals surface area contributed by atoms with Crippen molar-refractivity contribution < 1.29 is 9.90 Å². The molecule has 0 spiro atoms. The predicted molar refractivity (Wildman–Crippen MR) is 62.5 cm³/mol. The first kappa shape index (κ1) is 11.1. The van der Waals surface area contributed by atoms with Crippen LogP contribution in [0.3, 0.4) is 0 Å². The fourth-order valence-corrected chi connectivity index (χ4v) is 2.29. The highest BCUT2D eigenvalue weighted by molar-refractivity contribution is 5.73. The molecule has 1 aromatic rings. The standard InChI is InChI=1S/C13H17NO2/c1-2-12(13(15)16)14-8-11(9-14)10-6-4-3-5-7-10/h3-7,11-12H,2,8-9H2,1H3,(H,15,16). The Bertz CT molecular complexity index is 357. The number of nitrogens with zero attached hydrogens (tertiary/aromatic N) is 1. The van der Waals surface area contributed by atoms with Crippen molar-refractivity contribution in [1.82, 2.24) is 4.90 Å². The Morgan fingerprint density at radius 2 is 2.06 bits per heavy atom. The van der Waals surface area contributed by atoms with Crippen LogP contribution in [0.4, 0.5) is 0 Å². The number of benzene rings is 1. The molecule has 1 unspecified atom stereocenters. The number of rotatable bonds is 4. The average molecular weight is 219 g/mol. The van der Waals surface area contributed by atoms with E-state index in [-0.39, 0.29) is 6.04 Å². The van der Waals surface area contributed by atoms with Crippen LogP contribution in [0.5, 0.6) is 0 Å². The molecule has 0 saturated carbocycles. The molecule has 1 N–H and O–H groups in total. The van der Waals surface area contributed by atoms with Gasteiger partial charge in [-0.25, -0.2) is 0 Å². The molecule has 2 rings (SSSR count). The molecular formula is C13H17NO2. The lowest BCUT2D eigenvalue weighted by atomic mass is 9.89. The van der Waals surface area contributed by atoms with Crippen molar-refractivity contribution in [2.75, 3.05) is 13.1 Å². The molecule has 16 heavy (non-hydrogen) atoms. The highest BCUT2D eigenvalue weighted by Gasteiger charge is 2.35. The number of carbonyl (C=O) groups is 1. The second-order valence-electron chi connectivity index (χ2n) is 4.32. The summed E-state index contributed by atoms with van der Waals surface area (Å²) in [6, 6.07) is 10.00. The highest BCUT2D eigenvalue weighted by Crippen LogP contribution is 2.29.